The number of thiazole rings is 1. The van der Waals surface area contributed by atoms with Crippen molar-refractivity contribution in [2.75, 3.05) is 43.4 Å². The SMILES string of the molecule is C[n+]1cc(-c2ccc3c(c2)CC[C@H](C(C)(O/N=C(\C(=O)N[C@@H]2C(=O)N(OS(=O)(=O)[O-])C2(C)C)c2csc(N)n2)C(=O)O)O3)cnc1N(CCN)CC1CNC1.O=CO. The van der Waals surface area contributed by atoms with Crippen LogP contribution >= 0.6 is 11.3 Å². The maximum Gasteiger partial charge on any atom is 0.393 e. The van der Waals surface area contributed by atoms with Crippen LogP contribution in [0.5, 0.6) is 5.75 Å². The monoisotopic (exact) mass is 848 g/mol. The first-order valence-corrected chi connectivity index (χ1v) is 19.9. The van der Waals surface area contributed by atoms with Gasteiger partial charge in [0.05, 0.1) is 31.9 Å². The first-order valence-electron chi connectivity index (χ1n) is 17.7. The molecule has 3 atom stereocenters. The standard InChI is InChI=1S/C33H42N10O10S2.CH2O2/c1-32(2)26(28(45)43(32)53-55(48,49)50)39-27(44)25(22-17-54-30(35)38-22)40-52-33(3,29(46)47)24-8-6-20-11-19(5-7-23(20)51-24)21-14-37-31(41(4)16-21)42(10-9-34)15-18-12-36-13-18;2-1-3/h5,7,11,14,16-18,24,26,36H,6,8-10,12-13,15,34H2,1-4H3,(H4-,35,38,39,44,46,47,48,49,50);1H,(H,2,3)/b40-25-;/t24-,26-,33?;/m1./s1. The highest BCUT2D eigenvalue weighted by atomic mass is 32.3. The van der Waals surface area contributed by atoms with Crippen molar-refractivity contribution < 1.29 is 60.8 Å². The predicted octanol–water partition coefficient (Wildman–Crippen LogP) is -1.25. The summed E-state index contributed by atoms with van der Waals surface area (Å²) in [5.74, 6) is -1.70. The van der Waals surface area contributed by atoms with E-state index in [9.17, 15) is 32.5 Å². The first-order chi connectivity index (χ1) is 27.3. The molecule has 2 fully saturated rings. The largest absolute Gasteiger partial charge is 0.724 e. The van der Waals surface area contributed by atoms with Gasteiger partial charge in [-0.1, -0.05) is 16.2 Å². The number of anilines is 2. The fourth-order valence-electron chi connectivity index (χ4n) is 6.54. The Balaban J connectivity index is 0.00000207. The van der Waals surface area contributed by atoms with E-state index in [0.717, 1.165) is 53.6 Å². The van der Waals surface area contributed by atoms with E-state index >= 15 is 0 Å². The van der Waals surface area contributed by atoms with Crippen molar-refractivity contribution in [2.45, 2.75) is 56.9 Å². The summed E-state index contributed by atoms with van der Waals surface area (Å²) >= 11 is 0.963. The second-order valence-electron chi connectivity index (χ2n) is 14.3. The summed E-state index contributed by atoms with van der Waals surface area (Å²) in [7, 11) is -3.34. The molecule has 22 nitrogen and oxygen atoms in total. The maximum absolute atomic E-state index is 13.5. The van der Waals surface area contributed by atoms with E-state index in [2.05, 4.69) is 30.0 Å². The summed E-state index contributed by atoms with van der Waals surface area (Å²) in [6, 6.07) is 4.20. The molecule has 0 spiro atoms. The fraction of sp³-hybridized carbons (Fsp3) is 0.471. The molecule has 58 heavy (non-hydrogen) atoms. The number of carbonyl (C=O) groups excluding carboxylic acids is 2. The number of nitrogen functional groups attached to an aromatic ring is 1. The fourth-order valence-corrected chi connectivity index (χ4v) is 7.54. The van der Waals surface area contributed by atoms with Crippen LogP contribution < -0.4 is 36.3 Å². The third-order valence-electron chi connectivity index (χ3n) is 9.80. The Morgan fingerprint density at radius 1 is 1.33 bits per heavy atom. The van der Waals surface area contributed by atoms with Crippen LogP contribution in [0.3, 0.4) is 0 Å². The zero-order valence-electron chi connectivity index (χ0n) is 31.9. The topological polar surface area (TPSA) is 318 Å². The number of hydrogen-bond donors (Lipinski definition) is 6. The lowest BCUT2D eigenvalue weighted by atomic mass is 9.84. The number of carboxylic acids is 1. The van der Waals surface area contributed by atoms with Gasteiger partial charge in [0.15, 0.2) is 16.9 Å². The third kappa shape index (κ3) is 9.43. The number of amides is 2. The molecule has 1 unspecified atom stereocenters. The molecule has 8 N–H and O–H groups in total. The highest BCUT2D eigenvalue weighted by Gasteiger charge is 2.58. The number of nitrogens with one attached hydrogen (secondary N) is 2. The van der Waals surface area contributed by atoms with Crippen LogP contribution in [0.15, 0.2) is 41.1 Å². The quantitative estimate of drug-likeness (QED) is 0.0198. The van der Waals surface area contributed by atoms with E-state index in [1.54, 1.807) is 6.07 Å². The van der Waals surface area contributed by atoms with E-state index in [-0.39, 0.29) is 23.7 Å². The lowest BCUT2D eigenvalue weighted by Gasteiger charge is -2.51. The number of carboxylic acid groups (broad SMARTS) is 2. The molecule has 6 rings (SSSR count). The Kier molecular flexibility index (Phi) is 13.2. The molecule has 2 aromatic heterocycles. The molecule has 0 saturated carbocycles. The minimum atomic E-state index is -5.29. The highest BCUT2D eigenvalue weighted by Crippen LogP contribution is 2.37. The van der Waals surface area contributed by atoms with Gasteiger partial charge >= 0.3 is 11.9 Å². The van der Waals surface area contributed by atoms with Crippen LogP contribution in [-0.2, 0) is 52.2 Å². The number of oxime groups is 1. The molecule has 2 amide bonds. The molecule has 3 aliphatic heterocycles. The molecule has 1 aromatic carbocycles. The molecule has 3 aliphatic rings. The van der Waals surface area contributed by atoms with E-state index in [4.69, 9.17) is 35.9 Å². The Labute approximate surface area is 336 Å². The maximum atomic E-state index is 13.5. The van der Waals surface area contributed by atoms with Gasteiger partial charge in [0.2, 0.25) is 10.4 Å². The second-order valence-corrected chi connectivity index (χ2v) is 16.1. The van der Waals surface area contributed by atoms with Gasteiger partial charge in [0, 0.05) is 36.5 Å². The molecule has 2 saturated heterocycles. The summed E-state index contributed by atoms with van der Waals surface area (Å²) in [4.78, 5) is 64.0. The Hall–Kier alpha value is -5.53. The summed E-state index contributed by atoms with van der Waals surface area (Å²) in [5, 5.41) is 28.6. The molecule has 5 heterocycles. The number of ether oxygens (including phenoxy) is 1. The molecule has 0 radical (unpaired) electrons. The Morgan fingerprint density at radius 3 is 2.59 bits per heavy atom. The van der Waals surface area contributed by atoms with Gasteiger partial charge in [0.25, 0.3) is 23.9 Å². The molecule has 3 aromatic rings. The van der Waals surface area contributed by atoms with Gasteiger partial charge < -0.3 is 46.4 Å². The molecule has 314 valence electrons. The number of hydroxylamine groups is 2. The zero-order chi connectivity index (χ0) is 42.6. The number of carbonyl (C=O) groups is 4. The van der Waals surface area contributed by atoms with Crippen molar-refractivity contribution in [3.8, 4) is 16.9 Å². The van der Waals surface area contributed by atoms with Gasteiger partial charge in [0.1, 0.15) is 23.7 Å². The van der Waals surface area contributed by atoms with Crippen molar-refractivity contribution >= 4 is 62.8 Å². The number of aryl methyl sites for hydroxylation is 2. The van der Waals surface area contributed by atoms with Crippen molar-refractivity contribution in [3.63, 3.8) is 0 Å². The Morgan fingerprint density at radius 2 is 2.03 bits per heavy atom. The molecule has 0 bridgehead atoms. The van der Waals surface area contributed by atoms with E-state index in [1.807, 2.05) is 36.1 Å². The summed E-state index contributed by atoms with van der Waals surface area (Å²) in [5.41, 5.74) is 10.1. The minimum Gasteiger partial charge on any atom is -0.724 e. The number of rotatable bonds is 15. The Bertz CT molecular complexity index is 2180. The lowest BCUT2D eigenvalue weighted by Crippen LogP contribution is -2.76. The summed E-state index contributed by atoms with van der Waals surface area (Å²) in [6.45, 7) is 7.68. The van der Waals surface area contributed by atoms with Gasteiger partial charge in [-0.3, -0.25) is 19.3 Å². The smallest absolute Gasteiger partial charge is 0.393 e. The van der Waals surface area contributed by atoms with E-state index < -0.39 is 57.2 Å². The molecule has 24 heteroatoms. The van der Waals surface area contributed by atoms with Crippen LogP contribution in [0.25, 0.3) is 11.1 Å². The number of aliphatic carboxylic acids is 1. The van der Waals surface area contributed by atoms with Crippen LogP contribution in [0, 0.1) is 5.92 Å². The third-order valence-corrected chi connectivity index (χ3v) is 10.8. The van der Waals surface area contributed by atoms with Gasteiger partial charge in [-0.2, -0.15) is 9.35 Å². The number of β-lactam (4-membered cyclic amide) rings is 1. The lowest BCUT2D eigenvalue weighted by molar-refractivity contribution is -0.661. The summed E-state index contributed by atoms with van der Waals surface area (Å²) in [6.07, 6.45) is 3.37. The van der Waals surface area contributed by atoms with Crippen molar-refractivity contribution in [1.29, 1.82) is 0 Å². The number of fused-ring (bicyclic) bond motifs is 1. The van der Waals surface area contributed by atoms with E-state index in [1.165, 1.54) is 26.2 Å². The number of aromatic nitrogens is 3. The number of hydrogen-bond acceptors (Lipinski definition) is 18. The molecular weight excluding hydrogens is 805 g/mol. The van der Waals surface area contributed by atoms with Crippen molar-refractivity contribution in [1.82, 2.24) is 25.7 Å². The number of nitrogens with two attached hydrogens (primary N) is 2. The average Bonchev–Trinajstić information content (AvgIpc) is 3.58. The van der Waals surface area contributed by atoms with Gasteiger partial charge in [-0.05, 0) is 56.9 Å². The molecular formula is C34H44N10O12S2. The second kappa shape index (κ2) is 17.5. The zero-order valence-corrected chi connectivity index (χ0v) is 33.5. The van der Waals surface area contributed by atoms with Crippen LogP contribution in [0.4, 0.5) is 11.1 Å². The van der Waals surface area contributed by atoms with E-state index in [0.29, 0.717) is 36.2 Å². The van der Waals surface area contributed by atoms with Gasteiger partial charge in [-0.15, -0.1) is 11.3 Å². The normalized spacial score (nSPS) is 19.8. The number of benzene rings is 1. The van der Waals surface area contributed by atoms with Crippen LogP contribution in [0.1, 0.15) is 38.4 Å². The van der Waals surface area contributed by atoms with Crippen molar-refractivity contribution in [2.24, 2.45) is 23.9 Å². The predicted molar refractivity (Wildman–Crippen MR) is 204 cm³/mol. The van der Waals surface area contributed by atoms with Crippen LogP contribution in [-0.4, -0.2) is 124 Å². The number of nitrogens with zero attached hydrogens (tertiary/aromatic N) is 6. The van der Waals surface area contributed by atoms with Gasteiger partial charge in [-0.25, -0.2) is 22.8 Å². The minimum absolute atomic E-state index is 0.0547. The van der Waals surface area contributed by atoms with Crippen molar-refractivity contribution in [3.05, 3.63) is 47.2 Å². The first kappa shape index (κ1) is 43.6. The summed E-state index contributed by atoms with van der Waals surface area (Å²) < 4.78 is 45.7. The molecule has 0 aliphatic carbocycles. The van der Waals surface area contributed by atoms with Crippen LogP contribution in [0.2, 0.25) is 0 Å². The highest BCUT2D eigenvalue weighted by molar-refractivity contribution is 7.80. The average molecular weight is 849 g/mol.